The normalized spacial score (nSPS) is 11.6. The van der Waals surface area contributed by atoms with E-state index in [2.05, 4.69) is 39.5 Å². The number of para-hydroxylation sites is 2. The maximum Gasteiger partial charge on any atom is 0.417 e. The van der Waals surface area contributed by atoms with E-state index >= 15 is 13.2 Å². The molecule has 0 radical (unpaired) electrons. The van der Waals surface area contributed by atoms with E-state index in [1.807, 2.05) is 164 Å². The summed E-state index contributed by atoms with van der Waals surface area (Å²) in [5.74, 6) is 0. The zero-order chi connectivity index (χ0) is 47.5. The summed E-state index contributed by atoms with van der Waals surface area (Å²) < 4.78 is 49.6. The molecule has 0 aliphatic carbocycles. The third kappa shape index (κ3) is 6.96. The van der Waals surface area contributed by atoms with Gasteiger partial charge in [0.25, 0.3) is 0 Å². The van der Waals surface area contributed by atoms with Crippen molar-refractivity contribution in [2.24, 2.45) is 0 Å². The maximum atomic E-state index is 15.2. The number of hydrogen-bond donors (Lipinski definition) is 0. The Hall–Kier alpha value is -9.57. The van der Waals surface area contributed by atoms with E-state index in [4.69, 9.17) is 9.97 Å². The number of nitriles is 2. The number of aromatic nitrogens is 4. The van der Waals surface area contributed by atoms with Gasteiger partial charge in [0.1, 0.15) is 0 Å². The van der Waals surface area contributed by atoms with Crippen molar-refractivity contribution in [3.63, 3.8) is 0 Å². The zero-order valence-electron chi connectivity index (χ0n) is 37.0. The van der Waals surface area contributed by atoms with E-state index in [0.717, 1.165) is 94.7 Å². The second kappa shape index (κ2) is 16.6. The molecule has 12 aromatic rings. The van der Waals surface area contributed by atoms with Crippen LogP contribution in [0.3, 0.4) is 0 Å². The molecular weight excluding hydrogens is 874 g/mol. The summed E-state index contributed by atoms with van der Waals surface area (Å²) in [5.41, 5.74) is 9.28. The minimum atomic E-state index is -4.84. The van der Waals surface area contributed by atoms with Gasteiger partial charge in [-0.05, 0) is 72.8 Å². The summed E-state index contributed by atoms with van der Waals surface area (Å²) in [4.78, 5) is 10.2. The van der Waals surface area contributed by atoms with Crippen molar-refractivity contribution < 1.29 is 13.2 Å². The molecule has 0 amide bonds. The SMILES string of the molecule is N#Cc1cc(-n2c3ccccc3c3ccc(-c4cccc(-c5ccccc5)n4)cc32)c(-n2c3ccccc3c3ccc(-c4cccc(-c5ccccc5)n4)cc32)cc1-c1c(C#N)cccc1C(F)(F)F. The Labute approximate surface area is 399 Å². The van der Waals surface area contributed by atoms with Crippen LogP contribution in [0.4, 0.5) is 13.2 Å². The van der Waals surface area contributed by atoms with Crippen LogP contribution in [0.1, 0.15) is 16.7 Å². The predicted octanol–water partition coefficient (Wildman–Crippen LogP) is 15.8. The van der Waals surface area contributed by atoms with Crippen molar-refractivity contribution in [2.75, 3.05) is 0 Å². The first-order valence-corrected chi connectivity index (χ1v) is 22.6. The van der Waals surface area contributed by atoms with Gasteiger partial charge in [-0.1, -0.05) is 140 Å². The topological polar surface area (TPSA) is 83.2 Å². The van der Waals surface area contributed by atoms with Crippen molar-refractivity contribution in [1.29, 1.82) is 10.5 Å². The lowest BCUT2D eigenvalue weighted by molar-refractivity contribution is -0.137. The Morgan fingerprint density at radius 3 is 1.29 bits per heavy atom. The average Bonchev–Trinajstić information content (AvgIpc) is 3.92. The molecule has 0 atom stereocenters. The van der Waals surface area contributed by atoms with Crippen LogP contribution in [-0.4, -0.2) is 19.1 Å². The Kier molecular flexibility index (Phi) is 9.94. The van der Waals surface area contributed by atoms with Gasteiger partial charge < -0.3 is 9.13 Å². The van der Waals surface area contributed by atoms with Gasteiger partial charge in [0, 0.05) is 54.9 Å². The molecule has 9 heteroatoms. The maximum absolute atomic E-state index is 15.2. The molecule has 330 valence electrons. The second-order valence-corrected chi connectivity index (χ2v) is 17.1. The van der Waals surface area contributed by atoms with Crippen molar-refractivity contribution >= 4 is 43.6 Å². The van der Waals surface area contributed by atoms with E-state index in [1.165, 1.54) is 12.1 Å². The van der Waals surface area contributed by atoms with E-state index < -0.39 is 11.7 Å². The molecule has 0 saturated carbocycles. The van der Waals surface area contributed by atoms with Crippen molar-refractivity contribution in [3.05, 3.63) is 229 Å². The summed E-state index contributed by atoms with van der Waals surface area (Å²) in [7, 11) is 0. The average molecular weight is 909 g/mol. The summed E-state index contributed by atoms with van der Waals surface area (Å²) in [6.07, 6.45) is -4.84. The molecule has 4 heterocycles. The molecule has 0 bridgehead atoms. The van der Waals surface area contributed by atoms with Crippen LogP contribution < -0.4 is 0 Å². The molecule has 0 aliphatic heterocycles. The largest absolute Gasteiger partial charge is 0.417 e. The molecule has 0 saturated heterocycles. The highest BCUT2D eigenvalue weighted by Gasteiger charge is 2.36. The molecule has 0 unspecified atom stereocenters. The van der Waals surface area contributed by atoms with Gasteiger partial charge in [0.15, 0.2) is 0 Å². The molecule has 0 spiro atoms. The fourth-order valence-corrected chi connectivity index (χ4v) is 9.92. The first-order valence-electron chi connectivity index (χ1n) is 22.6. The van der Waals surface area contributed by atoms with Gasteiger partial charge in [-0.2, -0.15) is 23.7 Å². The number of hydrogen-bond acceptors (Lipinski definition) is 4. The lowest BCUT2D eigenvalue weighted by atomic mass is 9.90. The lowest BCUT2D eigenvalue weighted by Gasteiger charge is -2.21. The number of pyridine rings is 2. The molecule has 8 aromatic carbocycles. The second-order valence-electron chi connectivity index (χ2n) is 17.1. The van der Waals surface area contributed by atoms with Gasteiger partial charge in [-0.15, -0.1) is 0 Å². The van der Waals surface area contributed by atoms with Crippen molar-refractivity contribution in [2.45, 2.75) is 6.18 Å². The van der Waals surface area contributed by atoms with Gasteiger partial charge in [0.05, 0.1) is 85.0 Å². The van der Waals surface area contributed by atoms with Crippen molar-refractivity contribution in [3.8, 4) is 79.7 Å². The summed E-state index contributed by atoms with van der Waals surface area (Å²) in [5, 5.41) is 25.2. The number of benzene rings is 8. The Morgan fingerprint density at radius 1 is 0.371 bits per heavy atom. The molecule has 12 rings (SSSR count). The Balaban J connectivity index is 1.19. The summed E-state index contributed by atoms with van der Waals surface area (Å²) in [6, 6.07) is 71.2. The van der Waals surface area contributed by atoms with E-state index in [1.54, 1.807) is 12.1 Å². The molecule has 4 aromatic heterocycles. The minimum Gasteiger partial charge on any atom is -0.307 e. The van der Waals surface area contributed by atoms with E-state index in [-0.39, 0.29) is 22.3 Å². The zero-order valence-corrected chi connectivity index (χ0v) is 37.0. The van der Waals surface area contributed by atoms with Crippen LogP contribution in [0.15, 0.2) is 212 Å². The van der Waals surface area contributed by atoms with Crippen LogP contribution in [0, 0.1) is 22.7 Å². The number of nitrogens with zero attached hydrogens (tertiary/aromatic N) is 6. The number of fused-ring (bicyclic) bond motifs is 6. The number of rotatable bonds is 7. The Bertz CT molecular complexity index is 4140. The number of halogens is 3. The molecule has 70 heavy (non-hydrogen) atoms. The predicted molar refractivity (Wildman–Crippen MR) is 272 cm³/mol. The highest BCUT2D eigenvalue weighted by atomic mass is 19.4. The molecular formula is C61H35F3N6. The van der Waals surface area contributed by atoms with Gasteiger partial charge >= 0.3 is 6.18 Å². The highest BCUT2D eigenvalue weighted by Crippen LogP contribution is 2.45. The van der Waals surface area contributed by atoms with Gasteiger partial charge in [-0.3, -0.25) is 0 Å². The van der Waals surface area contributed by atoms with Crippen LogP contribution in [0.25, 0.3) is 111 Å². The fourth-order valence-electron chi connectivity index (χ4n) is 9.92. The third-order valence-electron chi connectivity index (χ3n) is 13.1. The first kappa shape index (κ1) is 41.8. The van der Waals surface area contributed by atoms with Crippen molar-refractivity contribution in [1.82, 2.24) is 19.1 Å². The van der Waals surface area contributed by atoms with E-state index in [0.29, 0.717) is 11.4 Å². The van der Waals surface area contributed by atoms with Crippen LogP contribution in [-0.2, 0) is 6.18 Å². The minimum absolute atomic E-state index is 0.0200. The highest BCUT2D eigenvalue weighted by molar-refractivity contribution is 6.13. The van der Waals surface area contributed by atoms with Gasteiger partial charge in [-0.25, -0.2) is 9.97 Å². The third-order valence-corrected chi connectivity index (χ3v) is 13.1. The van der Waals surface area contributed by atoms with Crippen LogP contribution in [0.5, 0.6) is 0 Å². The standard InChI is InChI=1S/C61H35F3N6/c62-61(63,64)49-21-11-18-42(36-65)60(49)48-35-59(70-55-27-10-8-20-45(55)47-31-29-41(33-57(47)70)53-25-13-23-51(68-53)39-16-5-2-6-17-39)58(34-43(48)37-66)69-54-26-9-7-19-44(54)46-30-28-40(32-56(46)69)52-24-12-22-50(67-52)38-14-3-1-4-15-38/h1-35H. The van der Waals surface area contributed by atoms with E-state index in [9.17, 15) is 10.5 Å². The quantitative estimate of drug-likeness (QED) is 0.159. The lowest BCUT2D eigenvalue weighted by Crippen LogP contribution is -2.10. The van der Waals surface area contributed by atoms with Gasteiger partial charge in [0.2, 0.25) is 0 Å². The molecule has 0 fully saturated rings. The summed E-state index contributed by atoms with van der Waals surface area (Å²) in [6.45, 7) is 0. The van der Waals surface area contributed by atoms with Crippen LogP contribution in [0.2, 0.25) is 0 Å². The molecule has 0 aliphatic rings. The Morgan fingerprint density at radius 2 is 0.800 bits per heavy atom. The molecule has 6 nitrogen and oxygen atoms in total. The smallest absolute Gasteiger partial charge is 0.307 e. The monoisotopic (exact) mass is 908 g/mol. The fraction of sp³-hybridized carbons (Fsp3) is 0.0164. The van der Waals surface area contributed by atoms with Crippen LogP contribution >= 0.6 is 0 Å². The number of alkyl halides is 3. The molecule has 0 N–H and O–H groups in total. The summed E-state index contributed by atoms with van der Waals surface area (Å²) >= 11 is 0. The first-order chi connectivity index (χ1) is 34.3.